The molecule has 0 saturated carbocycles. The molecule has 0 bridgehead atoms. The van der Waals surface area contributed by atoms with Crippen LogP contribution in [0, 0.1) is 11.8 Å². The van der Waals surface area contributed by atoms with Crippen molar-refractivity contribution in [2.24, 2.45) is 11.8 Å². The molecule has 0 radical (unpaired) electrons. The molecular weight excluding hydrogens is 328 g/mol. The van der Waals surface area contributed by atoms with Gasteiger partial charge in [0.05, 0.1) is 6.04 Å². The van der Waals surface area contributed by atoms with Crippen LogP contribution in [0.15, 0.2) is 33.2 Å². The highest BCUT2D eigenvalue weighted by atomic mass is 79.9. The minimum atomic E-state index is 0.344. The maximum Gasteiger partial charge on any atom is 0.134 e. The number of likely N-dealkylation sites (tertiary alicyclic amines) is 1. The molecule has 21 heavy (non-hydrogen) atoms. The first-order chi connectivity index (χ1) is 10.1. The highest BCUT2D eigenvalue weighted by molar-refractivity contribution is 9.10. The highest BCUT2D eigenvalue weighted by Crippen LogP contribution is 2.39. The van der Waals surface area contributed by atoms with Crippen LogP contribution >= 0.6 is 15.9 Å². The summed E-state index contributed by atoms with van der Waals surface area (Å²) in [7, 11) is 0. The van der Waals surface area contributed by atoms with E-state index in [9.17, 15) is 0 Å². The molecule has 112 valence electrons. The van der Waals surface area contributed by atoms with Gasteiger partial charge in [0.1, 0.15) is 11.3 Å². The Labute approximate surface area is 133 Å². The van der Waals surface area contributed by atoms with Crippen LogP contribution in [0.3, 0.4) is 0 Å². The molecule has 4 unspecified atom stereocenters. The molecule has 1 aromatic carbocycles. The largest absolute Gasteiger partial charge is 0.459 e. The van der Waals surface area contributed by atoms with Crippen molar-refractivity contribution in [1.29, 1.82) is 0 Å². The highest BCUT2D eigenvalue weighted by Gasteiger charge is 2.43. The van der Waals surface area contributed by atoms with Crippen molar-refractivity contribution >= 4 is 26.9 Å². The van der Waals surface area contributed by atoms with Crippen LogP contribution in [-0.4, -0.2) is 30.6 Å². The van der Waals surface area contributed by atoms with Crippen molar-refractivity contribution in [2.75, 3.05) is 19.6 Å². The average Bonchev–Trinajstić information content (AvgIpc) is 3.14. The second kappa shape index (κ2) is 5.11. The third kappa shape index (κ3) is 2.24. The first kappa shape index (κ1) is 13.8. The van der Waals surface area contributed by atoms with Crippen molar-refractivity contribution in [3.05, 3.63) is 34.5 Å². The van der Waals surface area contributed by atoms with Crippen LogP contribution in [0.1, 0.15) is 25.6 Å². The van der Waals surface area contributed by atoms with Gasteiger partial charge >= 0.3 is 0 Å². The number of rotatable bonds is 2. The number of furan rings is 1. The zero-order valence-electron chi connectivity index (χ0n) is 12.5. The van der Waals surface area contributed by atoms with Gasteiger partial charge in [0, 0.05) is 22.4 Å². The molecule has 4 heteroatoms. The Balaban J connectivity index is 1.62. The van der Waals surface area contributed by atoms with Crippen molar-refractivity contribution in [1.82, 2.24) is 10.2 Å². The van der Waals surface area contributed by atoms with Crippen molar-refractivity contribution in [2.45, 2.75) is 25.9 Å². The monoisotopic (exact) mass is 348 g/mol. The topological polar surface area (TPSA) is 28.4 Å². The summed E-state index contributed by atoms with van der Waals surface area (Å²) in [6, 6.07) is 9.37. The minimum Gasteiger partial charge on any atom is -0.459 e. The van der Waals surface area contributed by atoms with E-state index >= 15 is 0 Å². The Morgan fingerprint density at radius 3 is 3.00 bits per heavy atom. The maximum absolute atomic E-state index is 6.09. The second-order valence-corrected chi connectivity index (χ2v) is 7.44. The fourth-order valence-electron chi connectivity index (χ4n) is 4.12. The number of fused-ring (bicyclic) bond motifs is 2. The Kier molecular flexibility index (Phi) is 3.36. The van der Waals surface area contributed by atoms with Gasteiger partial charge in [-0.3, -0.25) is 4.90 Å². The van der Waals surface area contributed by atoms with E-state index in [4.69, 9.17) is 4.42 Å². The van der Waals surface area contributed by atoms with Crippen molar-refractivity contribution in [3.8, 4) is 0 Å². The molecule has 4 atom stereocenters. The fourth-order valence-corrected chi connectivity index (χ4v) is 4.49. The molecule has 2 aliphatic heterocycles. The average molecular weight is 349 g/mol. The molecule has 2 saturated heterocycles. The minimum absolute atomic E-state index is 0.344. The van der Waals surface area contributed by atoms with Crippen molar-refractivity contribution in [3.63, 3.8) is 0 Å². The van der Waals surface area contributed by atoms with E-state index < -0.39 is 0 Å². The lowest BCUT2D eigenvalue weighted by atomic mass is 9.95. The van der Waals surface area contributed by atoms with Gasteiger partial charge in [-0.2, -0.15) is 0 Å². The second-order valence-electron chi connectivity index (χ2n) is 6.53. The zero-order chi connectivity index (χ0) is 14.6. The van der Waals surface area contributed by atoms with E-state index in [-0.39, 0.29) is 0 Å². The van der Waals surface area contributed by atoms with Crippen LogP contribution < -0.4 is 5.32 Å². The van der Waals surface area contributed by atoms with Crippen LogP contribution in [0.2, 0.25) is 0 Å². The smallest absolute Gasteiger partial charge is 0.134 e. The summed E-state index contributed by atoms with van der Waals surface area (Å²) in [5.74, 6) is 2.69. The van der Waals surface area contributed by atoms with Gasteiger partial charge in [0.25, 0.3) is 0 Å². The third-order valence-electron chi connectivity index (χ3n) is 5.39. The lowest BCUT2D eigenvalue weighted by molar-refractivity contribution is 0.165. The number of hydrogen-bond acceptors (Lipinski definition) is 3. The van der Waals surface area contributed by atoms with Gasteiger partial charge in [-0.05, 0) is 63.0 Å². The van der Waals surface area contributed by atoms with Gasteiger partial charge in [-0.15, -0.1) is 0 Å². The molecule has 0 spiro atoms. The molecule has 3 nitrogen and oxygen atoms in total. The lowest BCUT2D eigenvalue weighted by Gasteiger charge is -2.29. The molecule has 1 N–H and O–H groups in total. The number of nitrogens with one attached hydrogen (secondary N) is 1. The summed E-state index contributed by atoms with van der Waals surface area (Å²) >= 11 is 3.53. The van der Waals surface area contributed by atoms with E-state index in [0.717, 1.165) is 27.7 Å². The summed E-state index contributed by atoms with van der Waals surface area (Å²) in [4.78, 5) is 2.61. The molecule has 2 aromatic rings. The summed E-state index contributed by atoms with van der Waals surface area (Å²) in [5.41, 5.74) is 0.980. The fraction of sp³-hybridized carbons (Fsp3) is 0.529. The van der Waals surface area contributed by atoms with Gasteiger partial charge < -0.3 is 9.73 Å². The van der Waals surface area contributed by atoms with Crippen LogP contribution in [0.5, 0.6) is 0 Å². The molecular formula is C17H21BrN2O. The molecule has 4 rings (SSSR count). The maximum atomic E-state index is 6.09. The summed E-state index contributed by atoms with van der Waals surface area (Å²) in [6.45, 7) is 8.17. The number of hydrogen-bond donors (Lipinski definition) is 1. The quantitative estimate of drug-likeness (QED) is 0.894. The first-order valence-electron chi connectivity index (χ1n) is 7.79. The number of nitrogens with zero attached hydrogens (tertiary/aromatic N) is 1. The van der Waals surface area contributed by atoms with E-state index in [0.29, 0.717) is 12.1 Å². The van der Waals surface area contributed by atoms with Gasteiger partial charge in [-0.1, -0.05) is 15.9 Å². The van der Waals surface area contributed by atoms with Gasteiger partial charge in [0.2, 0.25) is 0 Å². The molecule has 2 aliphatic rings. The SMILES string of the molecule is CC(c1cc2cc(Br)ccc2o1)N1CC2CNCC2C1C. The molecule has 0 amide bonds. The van der Waals surface area contributed by atoms with Gasteiger partial charge in [0.15, 0.2) is 0 Å². The molecule has 1 aromatic heterocycles. The summed E-state index contributed by atoms with van der Waals surface area (Å²) in [6.07, 6.45) is 0. The van der Waals surface area contributed by atoms with E-state index in [2.05, 4.69) is 52.1 Å². The van der Waals surface area contributed by atoms with E-state index in [1.807, 2.05) is 12.1 Å². The summed E-state index contributed by atoms with van der Waals surface area (Å²) in [5, 5.41) is 4.71. The molecule has 3 heterocycles. The van der Waals surface area contributed by atoms with E-state index in [1.165, 1.54) is 25.0 Å². The van der Waals surface area contributed by atoms with Crippen LogP contribution in [-0.2, 0) is 0 Å². The number of halogens is 1. The van der Waals surface area contributed by atoms with Crippen LogP contribution in [0.4, 0.5) is 0 Å². The van der Waals surface area contributed by atoms with E-state index in [1.54, 1.807) is 0 Å². The predicted molar refractivity (Wildman–Crippen MR) is 88.3 cm³/mol. The summed E-state index contributed by atoms with van der Waals surface area (Å²) < 4.78 is 7.19. The molecule has 0 aliphatic carbocycles. The van der Waals surface area contributed by atoms with Crippen LogP contribution in [0.25, 0.3) is 11.0 Å². The standard InChI is InChI=1S/C17H21BrN2O/c1-10-15-8-19-7-13(15)9-20(10)11(2)17-6-12-5-14(18)3-4-16(12)21-17/h3-6,10-11,13,15,19H,7-9H2,1-2H3. The first-order valence-corrected chi connectivity index (χ1v) is 8.58. The Bertz CT molecular complexity index is 668. The predicted octanol–water partition coefficient (Wildman–Crippen LogP) is 3.80. The Morgan fingerprint density at radius 2 is 2.19 bits per heavy atom. The Morgan fingerprint density at radius 1 is 1.33 bits per heavy atom. The molecule has 2 fully saturated rings. The normalized spacial score (nSPS) is 30.9. The van der Waals surface area contributed by atoms with Crippen molar-refractivity contribution < 1.29 is 4.42 Å². The third-order valence-corrected chi connectivity index (χ3v) is 5.88. The zero-order valence-corrected chi connectivity index (χ0v) is 14.1. The van der Waals surface area contributed by atoms with Gasteiger partial charge in [-0.25, -0.2) is 0 Å². The lowest BCUT2D eigenvalue weighted by Crippen LogP contribution is -2.35. The Hall–Kier alpha value is -0.840. The number of benzene rings is 1.